The van der Waals surface area contributed by atoms with Gasteiger partial charge in [0.25, 0.3) is 10.0 Å². The van der Waals surface area contributed by atoms with Gasteiger partial charge in [-0.1, -0.05) is 20.3 Å². The minimum atomic E-state index is -3.47. The molecule has 1 amide bonds. The molecule has 6 nitrogen and oxygen atoms in total. The van der Waals surface area contributed by atoms with Gasteiger partial charge in [0.15, 0.2) is 0 Å². The number of likely N-dealkylation sites (tertiary alicyclic amines) is 1. The highest BCUT2D eigenvalue weighted by molar-refractivity contribution is 9.11. The number of hydrogen-bond donors (Lipinski definition) is 0. The number of piperazine rings is 1. The van der Waals surface area contributed by atoms with Gasteiger partial charge in [-0.25, -0.2) is 8.42 Å². The molecular weight excluding hydrogens is 450 g/mol. The quantitative estimate of drug-likeness (QED) is 0.653. The van der Waals surface area contributed by atoms with Crippen molar-refractivity contribution in [2.75, 3.05) is 39.3 Å². The second kappa shape index (κ2) is 8.90. The molecule has 0 saturated carbocycles. The van der Waals surface area contributed by atoms with Crippen LogP contribution in [-0.2, 0) is 14.8 Å². The van der Waals surface area contributed by atoms with Crippen LogP contribution in [0.5, 0.6) is 0 Å². The van der Waals surface area contributed by atoms with E-state index in [0.717, 1.165) is 36.1 Å². The van der Waals surface area contributed by atoms with E-state index in [1.807, 2.05) is 4.90 Å². The molecule has 2 aliphatic heterocycles. The fourth-order valence-electron chi connectivity index (χ4n) is 3.88. The van der Waals surface area contributed by atoms with Crippen LogP contribution >= 0.6 is 27.3 Å². The molecule has 9 heteroatoms. The third kappa shape index (κ3) is 4.93. The van der Waals surface area contributed by atoms with Crippen molar-refractivity contribution in [1.29, 1.82) is 0 Å². The SMILES string of the molecule is CC(C)CN1CCCCC1C(=O)N1CCN(S(=O)(=O)c2ccc(Br)s2)CC1. The first kappa shape index (κ1) is 21.2. The number of hydrogen-bond acceptors (Lipinski definition) is 5. The fraction of sp³-hybridized carbons (Fsp3) is 0.722. The number of thiophene rings is 1. The number of piperidine rings is 1. The van der Waals surface area contributed by atoms with Crippen LogP contribution in [0.15, 0.2) is 20.1 Å². The second-order valence-electron chi connectivity index (χ2n) is 7.69. The summed E-state index contributed by atoms with van der Waals surface area (Å²) in [7, 11) is -3.47. The molecule has 0 spiro atoms. The van der Waals surface area contributed by atoms with E-state index in [-0.39, 0.29) is 11.9 Å². The number of rotatable bonds is 5. The van der Waals surface area contributed by atoms with Gasteiger partial charge in [0.1, 0.15) is 4.21 Å². The van der Waals surface area contributed by atoms with E-state index in [9.17, 15) is 13.2 Å². The molecule has 0 radical (unpaired) electrons. The monoisotopic (exact) mass is 477 g/mol. The van der Waals surface area contributed by atoms with E-state index in [0.29, 0.717) is 36.3 Å². The van der Waals surface area contributed by atoms with Crippen molar-refractivity contribution in [3.63, 3.8) is 0 Å². The summed E-state index contributed by atoms with van der Waals surface area (Å²) in [4.78, 5) is 17.3. The first-order valence-corrected chi connectivity index (χ1v) is 12.6. The van der Waals surface area contributed by atoms with Gasteiger partial charge in [-0.2, -0.15) is 4.31 Å². The van der Waals surface area contributed by atoms with E-state index in [2.05, 4.69) is 34.7 Å². The van der Waals surface area contributed by atoms with Gasteiger partial charge in [-0.3, -0.25) is 9.69 Å². The standard InChI is InChI=1S/C18H28BrN3O3S2/c1-14(2)13-21-8-4-3-5-15(21)18(23)20-9-11-22(12-10-20)27(24,25)17-7-6-16(19)26-17/h6-7,14-15H,3-5,8-13H2,1-2H3. The Morgan fingerprint density at radius 3 is 2.48 bits per heavy atom. The van der Waals surface area contributed by atoms with E-state index in [4.69, 9.17) is 0 Å². The number of sulfonamides is 1. The van der Waals surface area contributed by atoms with Gasteiger partial charge in [-0.05, 0) is 53.4 Å². The molecule has 3 heterocycles. The molecule has 2 fully saturated rings. The number of nitrogens with zero attached hydrogens (tertiary/aromatic N) is 3. The van der Waals surface area contributed by atoms with Crippen molar-refractivity contribution < 1.29 is 13.2 Å². The van der Waals surface area contributed by atoms with E-state index in [1.54, 1.807) is 12.1 Å². The predicted octanol–water partition coefficient (Wildman–Crippen LogP) is 2.85. The van der Waals surface area contributed by atoms with E-state index in [1.165, 1.54) is 15.6 Å². The summed E-state index contributed by atoms with van der Waals surface area (Å²) in [5, 5.41) is 0. The van der Waals surface area contributed by atoms with Crippen LogP contribution < -0.4 is 0 Å². The summed E-state index contributed by atoms with van der Waals surface area (Å²) in [5.74, 6) is 0.705. The molecule has 1 unspecified atom stereocenters. The van der Waals surface area contributed by atoms with Gasteiger partial charge < -0.3 is 4.90 Å². The van der Waals surface area contributed by atoms with Crippen LogP contribution in [-0.4, -0.2) is 73.7 Å². The first-order valence-electron chi connectivity index (χ1n) is 9.57. The Labute approximate surface area is 174 Å². The Balaban J connectivity index is 1.62. The van der Waals surface area contributed by atoms with Crippen LogP contribution in [0, 0.1) is 5.92 Å². The van der Waals surface area contributed by atoms with Gasteiger partial charge in [-0.15, -0.1) is 11.3 Å². The van der Waals surface area contributed by atoms with Crippen molar-refractivity contribution in [2.24, 2.45) is 5.92 Å². The zero-order chi connectivity index (χ0) is 19.6. The third-order valence-corrected chi connectivity index (χ3v) is 9.18. The van der Waals surface area contributed by atoms with Crippen molar-refractivity contribution in [1.82, 2.24) is 14.1 Å². The van der Waals surface area contributed by atoms with Crippen molar-refractivity contribution >= 4 is 43.2 Å². The molecule has 0 aliphatic carbocycles. The predicted molar refractivity (Wildman–Crippen MR) is 111 cm³/mol. The van der Waals surface area contributed by atoms with Crippen molar-refractivity contribution in [2.45, 2.75) is 43.4 Å². The molecule has 2 aliphatic rings. The Morgan fingerprint density at radius 2 is 1.89 bits per heavy atom. The molecule has 0 aromatic carbocycles. The topological polar surface area (TPSA) is 60.9 Å². The van der Waals surface area contributed by atoms with Crippen LogP contribution in [0.4, 0.5) is 0 Å². The normalized spacial score (nSPS) is 23.1. The maximum absolute atomic E-state index is 13.1. The zero-order valence-corrected chi connectivity index (χ0v) is 19.2. The number of carbonyl (C=O) groups is 1. The summed E-state index contributed by atoms with van der Waals surface area (Å²) in [6, 6.07) is 3.34. The van der Waals surface area contributed by atoms with Crippen LogP contribution in [0.1, 0.15) is 33.1 Å². The van der Waals surface area contributed by atoms with Gasteiger partial charge in [0, 0.05) is 32.7 Å². The average molecular weight is 478 g/mol. The Morgan fingerprint density at radius 1 is 1.19 bits per heavy atom. The zero-order valence-electron chi connectivity index (χ0n) is 15.9. The lowest BCUT2D eigenvalue weighted by molar-refractivity contribution is -0.139. The van der Waals surface area contributed by atoms with Crippen LogP contribution in [0.25, 0.3) is 0 Å². The largest absolute Gasteiger partial charge is 0.339 e. The van der Waals surface area contributed by atoms with E-state index >= 15 is 0 Å². The molecule has 152 valence electrons. The smallest absolute Gasteiger partial charge is 0.252 e. The van der Waals surface area contributed by atoms with Gasteiger partial charge >= 0.3 is 0 Å². The summed E-state index contributed by atoms with van der Waals surface area (Å²) in [6.45, 7) is 7.95. The molecule has 0 N–H and O–H groups in total. The molecule has 3 rings (SSSR count). The number of amides is 1. The number of halogens is 1. The minimum absolute atomic E-state index is 0.0439. The van der Waals surface area contributed by atoms with Gasteiger partial charge in [0.2, 0.25) is 5.91 Å². The summed E-state index contributed by atoms with van der Waals surface area (Å²) in [5.41, 5.74) is 0. The van der Waals surface area contributed by atoms with Crippen LogP contribution in [0.2, 0.25) is 0 Å². The Hall–Kier alpha value is -0.480. The molecule has 2 saturated heterocycles. The molecule has 27 heavy (non-hydrogen) atoms. The fourth-order valence-corrected chi connectivity index (χ4v) is 7.47. The minimum Gasteiger partial charge on any atom is -0.339 e. The summed E-state index contributed by atoms with van der Waals surface area (Å²) >= 11 is 4.55. The third-order valence-electron chi connectivity index (χ3n) is 5.19. The molecular formula is C18H28BrN3O3S2. The lowest BCUT2D eigenvalue weighted by Crippen LogP contribution is -2.57. The Bertz CT molecular complexity index is 758. The number of carbonyl (C=O) groups excluding carboxylic acids is 1. The lowest BCUT2D eigenvalue weighted by atomic mass is 9.99. The van der Waals surface area contributed by atoms with Crippen molar-refractivity contribution in [3.05, 3.63) is 15.9 Å². The van der Waals surface area contributed by atoms with Crippen molar-refractivity contribution in [3.8, 4) is 0 Å². The average Bonchev–Trinajstić information content (AvgIpc) is 3.08. The molecule has 0 bridgehead atoms. The highest BCUT2D eigenvalue weighted by Gasteiger charge is 2.36. The van der Waals surface area contributed by atoms with Gasteiger partial charge in [0.05, 0.1) is 9.83 Å². The van der Waals surface area contributed by atoms with Crippen LogP contribution in [0.3, 0.4) is 0 Å². The first-order chi connectivity index (χ1) is 12.8. The summed E-state index contributed by atoms with van der Waals surface area (Å²) < 4.78 is 28.2. The molecule has 1 atom stereocenters. The summed E-state index contributed by atoms with van der Waals surface area (Å²) in [6.07, 6.45) is 3.15. The molecule has 1 aromatic heterocycles. The lowest BCUT2D eigenvalue weighted by Gasteiger charge is -2.41. The Kier molecular flexibility index (Phi) is 7.00. The highest BCUT2D eigenvalue weighted by atomic mass is 79.9. The highest BCUT2D eigenvalue weighted by Crippen LogP contribution is 2.29. The molecule has 1 aromatic rings. The maximum Gasteiger partial charge on any atom is 0.252 e. The van der Waals surface area contributed by atoms with E-state index < -0.39 is 10.0 Å². The maximum atomic E-state index is 13.1. The second-order valence-corrected chi connectivity index (χ2v) is 12.3.